The van der Waals surface area contributed by atoms with Gasteiger partial charge in [0.05, 0.1) is 11.2 Å². The van der Waals surface area contributed by atoms with Crippen molar-refractivity contribution >= 4 is 50.7 Å². The second-order valence-corrected chi connectivity index (χ2v) is 7.61. The number of anilines is 1. The van der Waals surface area contributed by atoms with Crippen LogP contribution in [0, 0.1) is 5.82 Å². The Balaban J connectivity index is 1.73. The first-order valence-electron chi connectivity index (χ1n) is 8.21. The summed E-state index contributed by atoms with van der Waals surface area (Å²) >= 11 is 7.23. The second-order valence-electron chi connectivity index (χ2n) is 6.18. The number of benzene rings is 1. The molecule has 0 aliphatic rings. The van der Waals surface area contributed by atoms with E-state index in [1.807, 2.05) is 13.8 Å². The number of rotatable bonds is 5. The monoisotopic (exact) mass is 409 g/mol. The maximum Gasteiger partial charge on any atom is 0.350 e. The lowest BCUT2D eigenvalue weighted by Gasteiger charge is -2.15. The van der Waals surface area contributed by atoms with E-state index in [1.54, 1.807) is 16.9 Å². The minimum absolute atomic E-state index is 0.0610. The zero-order chi connectivity index (χ0) is 19.7. The molecular formula is C18H17ClFN3O3S. The van der Waals surface area contributed by atoms with Crippen LogP contribution in [-0.4, -0.2) is 27.8 Å². The van der Waals surface area contributed by atoms with Gasteiger partial charge in [-0.25, -0.2) is 13.9 Å². The molecule has 1 amide bonds. The van der Waals surface area contributed by atoms with Gasteiger partial charge in [-0.2, -0.15) is 5.10 Å². The molecule has 142 valence electrons. The minimum atomic E-state index is -1.05. The Kier molecular flexibility index (Phi) is 5.48. The van der Waals surface area contributed by atoms with Crippen LogP contribution in [0.3, 0.4) is 0 Å². The van der Waals surface area contributed by atoms with Crippen LogP contribution in [0.2, 0.25) is 5.02 Å². The zero-order valence-corrected chi connectivity index (χ0v) is 16.4. The first kappa shape index (κ1) is 19.3. The molecule has 0 aliphatic heterocycles. The molecule has 3 rings (SSSR count). The highest BCUT2D eigenvalue weighted by atomic mass is 35.5. The summed E-state index contributed by atoms with van der Waals surface area (Å²) in [6, 6.07) is 5.79. The van der Waals surface area contributed by atoms with Gasteiger partial charge >= 0.3 is 5.97 Å². The van der Waals surface area contributed by atoms with Gasteiger partial charge in [0.1, 0.15) is 16.5 Å². The van der Waals surface area contributed by atoms with Gasteiger partial charge in [0, 0.05) is 22.2 Å². The van der Waals surface area contributed by atoms with Crippen LogP contribution < -0.4 is 5.32 Å². The molecule has 27 heavy (non-hydrogen) atoms. The van der Waals surface area contributed by atoms with Crippen molar-refractivity contribution in [1.29, 1.82) is 0 Å². The molecule has 9 heteroatoms. The molecule has 0 radical (unpaired) electrons. The molecule has 2 aromatic heterocycles. The first-order chi connectivity index (χ1) is 12.8. The van der Waals surface area contributed by atoms with E-state index in [4.69, 9.17) is 16.3 Å². The first-order valence-corrected chi connectivity index (χ1v) is 9.40. The van der Waals surface area contributed by atoms with Gasteiger partial charge in [-0.3, -0.25) is 4.79 Å². The number of nitrogens with zero attached hydrogens (tertiary/aromatic N) is 2. The Morgan fingerprint density at radius 3 is 2.74 bits per heavy atom. The fourth-order valence-corrected chi connectivity index (χ4v) is 3.91. The van der Waals surface area contributed by atoms with Crippen LogP contribution in [0.1, 0.15) is 36.5 Å². The lowest BCUT2D eigenvalue weighted by molar-refractivity contribution is -0.123. The van der Waals surface area contributed by atoms with E-state index in [1.165, 1.54) is 25.1 Å². The van der Waals surface area contributed by atoms with Gasteiger partial charge in [-0.15, -0.1) is 11.3 Å². The third-order valence-electron chi connectivity index (χ3n) is 3.84. The summed E-state index contributed by atoms with van der Waals surface area (Å²) in [5.74, 6) is -1.14. The Labute approximate surface area is 163 Å². The predicted molar refractivity (Wildman–Crippen MR) is 103 cm³/mol. The van der Waals surface area contributed by atoms with Crippen molar-refractivity contribution in [1.82, 2.24) is 9.78 Å². The summed E-state index contributed by atoms with van der Waals surface area (Å²) in [5, 5.41) is 7.56. The van der Waals surface area contributed by atoms with E-state index in [-0.39, 0.29) is 15.9 Å². The topological polar surface area (TPSA) is 73.2 Å². The third-order valence-corrected chi connectivity index (χ3v) is 5.48. The van der Waals surface area contributed by atoms with Crippen LogP contribution in [0.4, 0.5) is 10.2 Å². The van der Waals surface area contributed by atoms with Crippen molar-refractivity contribution in [2.24, 2.45) is 0 Å². The Bertz CT molecular complexity index is 1010. The average molecular weight is 410 g/mol. The molecule has 0 aliphatic carbocycles. The molecule has 2 heterocycles. The van der Waals surface area contributed by atoms with E-state index < -0.39 is 23.8 Å². The number of thiophene rings is 1. The SMILES string of the molecule is CC(OC(=O)c1sc2cc(F)ccc2c1Cl)C(=O)Nc1ccnn1C(C)C. The van der Waals surface area contributed by atoms with Crippen LogP contribution in [0.25, 0.3) is 10.1 Å². The molecule has 0 bridgehead atoms. The quantitative estimate of drug-likeness (QED) is 0.622. The summed E-state index contributed by atoms with van der Waals surface area (Å²) in [6.07, 6.45) is 0.522. The van der Waals surface area contributed by atoms with Crippen LogP contribution in [-0.2, 0) is 9.53 Å². The number of esters is 1. The molecule has 0 saturated carbocycles. The van der Waals surface area contributed by atoms with E-state index in [0.29, 0.717) is 15.9 Å². The van der Waals surface area contributed by atoms with Crippen LogP contribution in [0.15, 0.2) is 30.5 Å². The number of ether oxygens (including phenoxy) is 1. The number of aromatic nitrogens is 2. The van der Waals surface area contributed by atoms with Crippen molar-refractivity contribution in [2.45, 2.75) is 32.9 Å². The van der Waals surface area contributed by atoms with Gasteiger partial charge in [0.25, 0.3) is 5.91 Å². The average Bonchev–Trinajstić information content (AvgIpc) is 3.19. The van der Waals surface area contributed by atoms with E-state index in [2.05, 4.69) is 10.4 Å². The Morgan fingerprint density at radius 1 is 1.30 bits per heavy atom. The van der Waals surface area contributed by atoms with Crippen molar-refractivity contribution in [2.75, 3.05) is 5.32 Å². The fourth-order valence-electron chi connectivity index (χ4n) is 2.49. The number of nitrogens with one attached hydrogen (secondary N) is 1. The highest BCUT2D eigenvalue weighted by Gasteiger charge is 2.24. The van der Waals surface area contributed by atoms with E-state index in [9.17, 15) is 14.0 Å². The summed E-state index contributed by atoms with van der Waals surface area (Å²) in [5.41, 5.74) is 0. The van der Waals surface area contributed by atoms with Crippen molar-refractivity contribution in [3.63, 3.8) is 0 Å². The lowest BCUT2D eigenvalue weighted by atomic mass is 10.2. The molecule has 6 nitrogen and oxygen atoms in total. The summed E-state index contributed by atoms with van der Waals surface area (Å²) < 4.78 is 20.8. The molecule has 1 N–H and O–H groups in total. The number of carbonyl (C=O) groups excluding carboxylic acids is 2. The Morgan fingerprint density at radius 2 is 2.04 bits per heavy atom. The van der Waals surface area contributed by atoms with Crippen molar-refractivity contribution in [3.05, 3.63) is 46.2 Å². The highest BCUT2D eigenvalue weighted by Crippen LogP contribution is 2.36. The zero-order valence-electron chi connectivity index (χ0n) is 14.8. The maximum atomic E-state index is 13.4. The molecule has 1 aromatic carbocycles. The van der Waals surface area contributed by atoms with Gasteiger partial charge in [0.15, 0.2) is 6.10 Å². The minimum Gasteiger partial charge on any atom is -0.448 e. The third kappa shape index (κ3) is 3.96. The Hall–Kier alpha value is -2.45. The summed E-state index contributed by atoms with van der Waals surface area (Å²) in [7, 11) is 0. The molecule has 0 spiro atoms. The van der Waals surface area contributed by atoms with Gasteiger partial charge in [-0.05, 0) is 39.0 Å². The maximum absolute atomic E-state index is 13.4. The second kappa shape index (κ2) is 7.66. The molecule has 3 aromatic rings. The van der Waals surface area contributed by atoms with Gasteiger partial charge < -0.3 is 10.1 Å². The van der Waals surface area contributed by atoms with Gasteiger partial charge in [-0.1, -0.05) is 11.6 Å². The molecular weight excluding hydrogens is 393 g/mol. The van der Waals surface area contributed by atoms with E-state index >= 15 is 0 Å². The molecule has 1 atom stereocenters. The smallest absolute Gasteiger partial charge is 0.350 e. The number of hydrogen-bond acceptors (Lipinski definition) is 5. The highest BCUT2D eigenvalue weighted by molar-refractivity contribution is 7.21. The fraction of sp³-hybridized carbons (Fsp3) is 0.278. The predicted octanol–water partition coefficient (Wildman–Crippen LogP) is 4.66. The number of amides is 1. The van der Waals surface area contributed by atoms with Crippen molar-refractivity contribution in [3.8, 4) is 0 Å². The van der Waals surface area contributed by atoms with Crippen LogP contribution in [0.5, 0.6) is 0 Å². The normalized spacial score (nSPS) is 12.4. The van der Waals surface area contributed by atoms with E-state index in [0.717, 1.165) is 11.3 Å². The summed E-state index contributed by atoms with van der Waals surface area (Å²) in [6.45, 7) is 5.32. The summed E-state index contributed by atoms with van der Waals surface area (Å²) in [4.78, 5) is 24.9. The molecule has 0 saturated heterocycles. The molecule has 1 unspecified atom stereocenters. The number of carbonyl (C=O) groups is 2. The number of hydrogen-bond donors (Lipinski definition) is 1. The standard InChI is InChI=1S/C18H17ClFN3O3S/c1-9(2)23-14(6-7-21-23)22-17(24)10(3)26-18(25)16-15(19)12-5-4-11(20)8-13(12)27-16/h4-10H,1-3H3,(H,22,24). The lowest BCUT2D eigenvalue weighted by Crippen LogP contribution is -2.30. The van der Waals surface area contributed by atoms with Crippen LogP contribution >= 0.6 is 22.9 Å². The van der Waals surface area contributed by atoms with Gasteiger partial charge in [0.2, 0.25) is 0 Å². The largest absolute Gasteiger partial charge is 0.448 e. The number of halogens is 2. The van der Waals surface area contributed by atoms with Crippen molar-refractivity contribution < 1.29 is 18.7 Å². The number of fused-ring (bicyclic) bond motifs is 1. The molecule has 0 fully saturated rings.